The number of hydrogen-bond donors (Lipinski definition) is 1. The zero-order chi connectivity index (χ0) is 13.8. The molecule has 1 fully saturated rings. The van der Waals surface area contributed by atoms with Gasteiger partial charge < -0.3 is 10.6 Å². The third-order valence-electron chi connectivity index (χ3n) is 4.05. The smallest absolute Gasteiger partial charge is 0.129 e. The van der Waals surface area contributed by atoms with Gasteiger partial charge >= 0.3 is 0 Å². The molecule has 106 valence electrons. The number of pyridine rings is 1. The summed E-state index contributed by atoms with van der Waals surface area (Å²) in [4.78, 5) is 9.60. The minimum atomic E-state index is 0.587. The Hall–Kier alpha value is -1.13. The number of hydrogen-bond acceptors (Lipinski definition) is 4. The highest BCUT2D eigenvalue weighted by Crippen LogP contribution is 2.22. The van der Waals surface area contributed by atoms with Crippen molar-refractivity contribution in [3.05, 3.63) is 23.4 Å². The zero-order valence-corrected chi connectivity index (χ0v) is 12.4. The van der Waals surface area contributed by atoms with Crippen LogP contribution in [0.3, 0.4) is 0 Å². The zero-order valence-electron chi connectivity index (χ0n) is 12.4. The Labute approximate surface area is 116 Å². The van der Waals surface area contributed by atoms with Gasteiger partial charge in [-0.15, -0.1) is 0 Å². The molecule has 0 saturated carbocycles. The van der Waals surface area contributed by atoms with E-state index in [0.717, 1.165) is 37.7 Å². The number of likely N-dealkylation sites (N-methyl/N-ethyl adjacent to an activating group) is 1. The molecule has 1 aliphatic rings. The van der Waals surface area contributed by atoms with Gasteiger partial charge in [0, 0.05) is 31.4 Å². The van der Waals surface area contributed by atoms with E-state index in [9.17, 15) is 0 Å². The predicted octanol–water partition coefficient (Wildman–Crippen LogP) is 1.77. The molecule has 0 aliphatic carbocycles. The number of aryl methyl sites for hydroxylation is 1. The molecule has 1 aromatic rings. The second-order valence-corrected chi connectivity index (χ2v) is 5.29. The van der Waals surface area contributed by atoms with Crippen LogP contribution in [0.25, 0.3) is 0 Å². The summed E-state index contributed by atoms with van der Waals surface area (Å²) in [5.41, 5.74) is 7.98. The summed E-state index contributed by atoms with van der Waals surface area (Å²) in [7, 11) is 0. The molecule has 1 aromatic heterocycles. The molecule has 2 heterocycles. The molecule has 4 heteroatoms. The van der Waals surface area contributed by atoms with Gasteiger partial charge in [0.25, 0.3) is 0 Å². The number of rotatable bonds is 5. The minimum absolute atomic E-state index is 0.587. The topological polar surface area (TPSA) is 45.4 Å². The maximum atomic E-state index is 5.75. The number of anilines is 1. The monoisotopic (exact) mass is 262 g/mol. The van der Waals surface area contributed by atoms with Gasteiger partial charge in [0.2, 0.25) is 0 Å². The molecular formula is C15H26N4. The Morgan fingerprint density at radius 2 is 2.11 bits per heavy atom. The molecule has 1 atom stereocenters. The van der Waals surface area contributed by atoms with Gasteiger partial charge in [0.1, 0.15) is 5.82 Å². The van der Waals surface area contributed by atoms with Crippen molar-refractivity contribution in [1.82, 2.24) is 9.88 Å². The fraction of sp³-hybridized carbons (Fsp3) is 0.667. The van der Waals surface area contributed by atoms with Crippen molar-refractivity contribution >= 4 is 5.82 Å². The van der Waals surface area contributed by atoms with Crippen molar-refractivity contribution in [3.63, 3.8) is 0 Å². The van der Waals surface area contributed by atoms with Gasteiger partial charge in [-0.3, -0.25) is 4.90 Å². The van der Waals surface area contributed by atoms with Crippen LogP contribution < -0.4 is 10.6 Å². The maximum absolute atomic E-state index is 5.75. The van der Waals surface area contributed by atoms with Crippen molar-refractivity contribution < 1.29 is 0 Å². The normalized spacial score (nSPS) is 19.4. The second kappa shape index (κ2) is 6.35. The van der Waals surface area contributed by atoms with Crippen LogP contribution in [0.15, 0.2) is 12.1 Å². The van der Waals surface area contributed by atoms with Gasteiger partial charge in [0.15, 0.2) is 0 Å². The van der Waals surface area contributed by atoms with Crippen LogP contribution in [-0.4, -0.2) is 42.1 Å². The summed E-state index contributed by atoms with van der Waals surface area (Å²) in [6, 6.07) is 4.87. The second-order valence-electron chi connectivity index (χ2n) is 5.29. The van der Waals surface area contributed by atoms with Gasteiger partial charge in [-0.05, 0) is 44.1 Å². The molecule has 1 unspecified atom stereocenters. The highest BCUT2D eigenvalue weighted by atomic mass is 15.3. The minimum Gasteiger partial charge on any atom is -0.355 e. The van der Waals surface area contributed by atoms with Gasteiger partial charge in [-0.2, -0.15) is 0 Å². The molecule has 4 nitrogen and oxygen atoms in total. The average molecular weight is 262 g/mol. The summed E-state index contributed by atoms with van der Waals surface area (Å²) in [6.45, 7) is 11.6. The Morgan fingerprint density at radius 1 is 1.37 bits per heavy atom. The van der Waals surface area contributed by atoms with Gasteiger partial charge in [-0.1, -0.05) is 13.8 Å². The fourth-order valence-electron chi connectivity index (χ4n) is 2.99. The number of nitrogens with zero attached hydrogens (tertiary/aromatic N) is 3. The Morgan fingerprint density at radius 3 is 2.74 bits per heavy atom. The number of aromatic nitrogens is 1. The summed E-state index contributed by atoms with van der Waals surface area (Å²) in [5.74, 6) is 1.09. The fourth-order valence-corrected chi connectivity index (χ4v) is 2.99. The van der Waals surface area contributed by atoms with Crippen LogP contribution in [0.5, 0.6) is 0 Å². The summed E-state index contributed by atoms with van der Waals surface area (Å²) in [5, 5.41) is 0. The van der Waals surface area contributed by atoms with E-state index in [1.54, 1.807) is 0 Å². The molecule has 0 bridgehead atoms. The van der Waals surface area contributed by atoms with Crippen LogP contribution in [-0.2, 0) is 6.54 Å². The highest BCUT2D eigenvalue weighted by molar-refractivity contribution is 5.44. The SMILES string of the molecule is CCN(CC)C1CCN(c2cc(CN)cc(C)n2)C1. The third-order valence-corrected chi connectivity index (χ3v) is 4.05. The Kier molecular flexibility index (Phi) is 4.77. The lowest BCUT2D eigenvalue weighted by atomic mass is 10.2. The largest absolute Gasteiger partial charge is 0.355 e. The predicted molar refractivity (Wildman–Crippen MR) is 80.4 cm³/mol. The van der Waals surface area contributed by atoms with Crippen molar-refractivity contribution in [2.24, 2.45) is 5.73 Å². The first-order chi connectivity index (χ1) is 9.17. The first kappa shape index (κ1) is 14.3. The molecule has 0 amide bonds. The lowest BCUT2D eigenvalue weighted by Gasteiger charge is -2.26. The van der Waals surface area contributed by atoms with E-state index in [0.29, 0.717) is 12.6 Å². The molecular weight excluding hydrogens is 236 g/mol. The van der Waals surface area contributed by atoms with Gasteiger partial charge in [-0.25, -0.2) is 4.98 Å². The Balaban J connectivity index is 2.10. The van der Waals surface area contributed by atoms with Crippen LogP contribution in [0.4, 0.5) is 5.82 Å². The van der Waals surface area contributed by atoms with Crippen molar-refractivity contribution in [2.75, 3.05) is 31.1 Å². The van der Waals surface area contributed by atoms with Crippen LogP contribution in [0, 0.1) is 6.92 Å². The maximum Gasteiger partial charge on any atom is 0.129 e. The van der Waals surface area contributed by atoms with Crippen LogP contribution in [0.1, 0.15) is 31.5 Å². The molecule has 0 radical (unpaired) electrons. The molecule has 2 rings (SSSR count). The third kappa shape index (κ3) is 3.25. The first-order valence-electron chi connectivity index (χ1n) is 7.34. The van der Waals surface area contributed by atoms with Crippen molar-refractivity contribution in [3.8, 4) is 0 Å². The van der Waals surface area contributed by atoms with E-state index in [-0.39, 0.29) is 0 Å². The standard InChI is InChI=1S/C15H26N4/c1-4-18(5-2)14-6-7-19(11-14)15-9-13(10-16)8-12(3)17-15/h8-9,14H,4-7,10-11,16H2,1-3H3. The average Bonchev–Trinajstić information content (AvgIpc) is 2.89. The Bertz CT molecular complexity index is 415. The van der Waals surface area contributed by atoms with E-state index in [4.69, 9.17) is 5.73 Å². The highest BCUT2D eigenvalue weighted by Gasteiger charge is 2.27. The van der Waals surface area contributed by atoms with Crippen LogP contribution >= 0.6 is 0 Å². The van der Waals surface area contributed by atoms with Gasteiger partial charge in [0.05, 0.1) is 0 Å². The summed E-state index contributed by atoms with van der Waals surface area (Å²) >= 11 is 0. The van der Waals surface area contributed by atoms with Crippen molar-refractivity contribution in [2.45, 2.75) is 39.8 Å². The summed E-state index contributed by atoms with van der Waals surface area (Å²) in [6.07, 6.45) is 1.23. The van der Waals surface area contributed by atoms with E-state index < -0.39 is 0 Å². The molecule has 1 aliphatic heterocycles. The first-order valence-corrected chi connectivity index (χ1v) is 7.34. The molecule has 1 saturated heterocycles. The van der Waals surface area contributed by atoms with E-state index in [1.807, 2.05) is 6.92 Å². The van der Waals surface area contributed by atoms with Crippen molar-refractivity contribution in [1.29, 1.82) is 0 Å². The summed E-state index contributed by atoms with van der Waals surface area (Å²) < 4.78 is 0. The van der Waals surface area contributed by atoms with Crippen LogP contribution in [0.2, 0.25) is 0 Å². The number of nitrogens with two attached hydrogens (primary N) is 1. The lowest BCUT2D eigenvalue weighted by molar-refractivity contribution is 0.232. The quantitative estimate of drug-likeness (QED) is 0.878. The van der Waals surface area contributed by atoms with E-state index in [1.165, 1.54) is 12.0 Å². The molecule has 2 N–H and O–H groups in total. The van der Waals surface area contributed by atoms with E-state index >= 15 is 0 Å². The molecule has 0 aromatic carbocycles. The molecule has 0 spiro atoms. The van der Waals surface area contributed by atoms with E-state index in [2.05, 4.69) is 40.8 Å². The molecule has 19 heavy (non-hydrogen) atoms. The lowest BCUT2D eigenvalue weighted by Crippen LogP contribution is -2.37.